The van der Waals surface area contributed by atoms with Crippen LogP contribution in [0.5, 0.6) is 0 Å². The van der Waals surface area contributed by atoms with Crippen LogP contribution in [0.25, 0.3) is 83.0 Å². The van der Waals surface area contributed by atoms with Gasteiger partial charge < -0.3 is 4.90 Å². The average molecular weight is 688 g/mol. The molecule has 0 radical (unpaired) electrons. The molecule has 9 aromatic carbocycles. The number of imidazole rings is 1. The first-order valence-corrected chi connectivity index (χ1v) is 18.5. The van der Waals surface area contributed by atoms with E-state index >= 15 is 0 Å². The van der Waals surface area contributed by atoms with Crippen LogP contribution in [-0.4, -0.2) is 9.55 Å². The highest BCUT2D eigenvalue weighted by Gasteiger charge is 2.30. The van der Waals surface area contributed by atoms with E-state index in [4.69, 9.17) is 4.98 Å². The molecule has 1 aliphatic rings. The molecule has 2 heterocycles. The van der Waals surface area contributed by atoms with Crippen LogP contribution in [0.2, 0.25) is 0 Å². The van der Waals surface area contributed by atoms with E-state index in [1.165, 1.54) is 54.9 Å². The van der Waals surface area contributed by atoms with Crippen molar-refractivity contribution in [2.24, 2.45) is 0 Å². The van der Waals surface area contributed by atoms with E-state index in [1.54, 1.807) is 0 Å². The van der Waals surface area contributed by atoms with E-state index in [0.29, 0.717) is 0 Å². The maximum atomic E-state index is 5.24. The quantitative estimate of drug-likeness (QED) is 0.168. The van der Waals surface area contributed by atoms with Crippen molar-refractivity contribution in [1.29, 1.82) is 0 Å². The second-order valence-electron chi connectivity index (χ2n) is 13.9. The SMILES string of the molecule is c1ccc(-c2ccc(-c3c4ccccc4c(-c4ccc5c(c4)N(c4ccccc4)c4cccc6nc(-c7ccccc7)n-5c46)c4ccccc34)cc2)cc1. The van der Waals surface area contributed by atoms with Crippen LogP contribution in [-0.2, 0) is 0 Å². The van der Waals surface area contributed by atoms with Gasteiger partial charge in [-0.15, -0.1) is 0 Å². The third-order valence-corrected chi connectivity index (χ3v) is 10.9. The molecule has 1 aliphatic heterocycles. The molecule has 0 unspecified atom stereocenters. The van der Waals surface area contributed by atoms with Gasteiger partial charge >= 0.3 is 0 Å². The van der Waals surface area contributed by atoms with Crippen molar-refractivity contribution in [2.45, 2.75) is 0 Å². The van der Waals surface area contributed by atoms with Gasteiger partial charge in [0.05, 0.1) is 28.1 Å². The van der Waals surface area contributed by atoms with Gasteiger partial charge in [-0.2, -0.15) is 0 Å². The summed E-state index contributed by atoms with van der Waals surface area (Å²) in [6.45, 7) is 0. The lowest BCUT2D eigenvalue weighted by Gasteiger charge is -2.33. The van der Waals surface area contributed by atoms with Crippen LogP contribution in [0, 0.1) is 0 Å². The van der Waals surface area contributed by atoms with Crippen molar-refractivity contribution in [3.8, 4) is 50.5 Å². The lowest BCUT2D eigenvalue weighted by atomic mass is 9.85. The van der Waals surface area contributed by atoms with Crippen molar-refractivity contribution >= 4 is 49.6 Å². The number of rotatable bonds is 5. The number of hydrogen-bond donors (Lipinski definition) is 0. The van der Waals surface area contributed by atoms with Crippen molar-refractivity contribution in [2.75, 3.05) is 4.90 Å². The maximum absolute atomic E-state index is 5.24. The summed E-state index contributed by atoms with van der Waals surface area (Å²) in [4.78, 5) is 7.65. The van der Waals surface area contributed by atoms with Gasteiger partial charge in [0.25, 0.3) is 0 Å². The van der Waals surface area contributed by atoms with E-state index in [9.17, 15) is 0 Å². The predicted octanol–water partition coefficient (Wildman–Crippen LogP) is 13.8. The first-order chi connectivity index (χ1) is 26.8. The summed E-state index contributed by atoms with van der Waals surface area (Å²) in [6, 6.07) is 72.2. The van der Waals surface area contributed by atoms with Gasteiger partial charge in [-0.3, -0.25) is 4.57 Å². The predicted molar refractivity (Wildman–Crippen MR) is 226 cm³/mol. The van der Waals surface area contributed by atoms with Crippen molar-refractivity contribution in [1.82, 2.24) is 9.55 Å². The van der Waals surface area contributed by atoms with Crippen LogP contribution >= 0.6 is 0 Å². The smallest absolute Gasteiger partial charge is 0.145 e. The fraction of sp³-hybridized carbons (Fsp3) is 0. The van der Waals surface area contributed by atoms with Gasteiger partial charge in [0.2, 0.25) is 0 Å². The Morgan fingerprint density at radius 3 is 1.46 bits per heavy atom. The Morgan fingerprint density at radius 2 is 0.833 bits per heavy atom. The number of nitrogens with zero attached hydrogens (tertiary/aromatic N) is 3. The summed E-state index contributed by atoms with van der Waals surface area (Å²) in [6.07, 6.45) is 0. The Bertz CT molecular complexity index is 2960. The largest absolute Gasteiger partial charge is 0.306 e. The van der Waals surface area contributed by atoms with Gasteiger partial charge in [0.15, 0.2) is 0 Å². The lowest BCUT2D eigenvalue weighted by Crippen LogP contribution is -2.18. The van der Waals surface area contributed by atoms with E-state index in [-0.39, 0.29) is 0 Å². The van der Waals surface area contributed by atoms with Crippen molar-refractivity contribution in [3.63, 3.8) is 0 Å². The molecule has 0 N–H and O–H groups in total. The molecule has 0 aliphatic carbocycles. The molecule has 0 saturated heterocycles. The zero-order valence-electron chi connectivity index (χ0n) is 29.4. The molecule has 54 heavy (non-hydrogen) atoms. The van der Waals surface area contributed by atoms with E-state index < -0.39 is 0 Å². The Kier molecular flexibility index (Phi) is 6.86. The minimum atomic E-state index is 0.943. The average Bonchev–Trinajstić information content (AvgIpc) is 3.65. The molecule has 3 nitrogen and oxygen atoms in total. The van der Waals surface area contributed by atoms with Gasteiger partial charge in [-0.05, 0) is 91.3 Å². The molecule has 10 aromatic rings. The summed E-state index contributed by atoms with van der Waals surface area (Å²) >= 11 is 0. The third-order valence-electron chi connectivity index (χ3n) is 10.9. The van der Waals surface area contributed by atoms with Gasteiger partial charge in [0.1, 0.15) is 5.82 Å². The monoisotopic (exact) mass is 687 g/mol. The summed E-state index contributed by atoms with van der Waals surface area (Å²) in [5.41, 5.74) is 14.9. The molecule has 252 valence electrons. The highest BCUT2D eigenvalue weighted by atomic mass is 15.2. The van der Waals surface area contributed by atoms with Crippen LogP contribution in [0.4, 0.5) is 17.1 Å². The maximum Gasteiger partial charge on any atom is 0.145 e. The van der Waals surface area contributed by atoms with Crippen molar-refractivity contribution < 1.29 is 0 Å². The number of hydrogen-bond acceptors (Lipinski definition) is 2. The minimum Gasteiger partial charge on any atom is -0.306 e. The highest BCUT2D eigenvalue weighted by Crippen LogP contribution is 2.51. The summed E-state index contributed by atoms with van der Waals surface area (Å²) < 4.78 is 2.36. The van der Waals surface area contributed by atoms with Crippen LogP contribution in [0.1, 0.15) is 0 Å². The van der Waals surface area contributed by atoms with Crippen LogP contribution in [0.15, 0.2) is 200 Å². The first kappa shape index (κ1) is 30.4. The standard InChI is InChI=1S/C51H33N3/c1-4-15-34(16-5-1)35-27-29-36(30-28-35)48-40-21-10-12-23-42(40)49(43-24-13-11-22-41(43)48)38-31-32-45-47(33-38)53(39-19-8-3-9-20-39)46-26-14-25-44-50(46)54(45)51(52-44)37-17-6-2-7-18-37/h1-33H. The molecular weight excluding hydrogens is 655 g/mol. The second-order valence-corrected chi connectivity index (χ2v) is 13.9. The first-order valence-electron chi connectivity index (χ1n) is 18.5. The molecular formula is C51H33N3. The molecule has 0 saturated carbocycles. The van der Waals surface area contributed by atoms with Gasteiger partial charge in [-0.1, -0.05) is 164 Å². The molecule has 1 aromatic heterocycles. The lowest BCUT2D eigenvalue weighted by molar-refractivity contribution is 1.06. The molecule has 11 rings (SSSR count). The molecule has 3 heteroatoms. The van der Waals surface area contributed by atoms with Gasteiger partial charge in [0, 0.05) is 11.3 Å². The Hall–Kier alpha value is -7.23. The fourth-order valence-electron chi connectivity index (χ4n) is 8.55. The topological polar surface area (TPSA) is 21.1 Å². The Balaban J connectivity index is 1.17. The van der Waals surface area contributed by atoms with Crippen molar-refractivity contribution in [3.05, 3.63) is 200 Å². The van der Waals surface area contributed by atoms with E-state index in [1.807, 2.05) is 0 Å². The molecule has 0 atom stereocenters. The van der Waals surface area contributed by atoms with Crippen LogP contribution < -0.4 is 4.90 Å². The Labute approximate surface area is 313 Å². The number of aromatic nitrogens is 2. The summed E-state index contributed by atoms with van der Waals surface area (Å²) in [5, 5.41) is 4.94. The fourth-order valence-corrected chi connectivity index (χ4v) is 8.55. The number of anilines is 3. The number of para-hydroxylation sites is 2. The summed E-state index contributed by atoms with van der Waals surface area (Å²) in [7, 11) is 0. The normalized spacial score (nSPS) is 12.0. The number of fused-ring (bicyclic) bond motifs is 4. The molecule has 0 fully saturated rings. The zero-order chi connectivity index (χ0) is 35.6. The summed E-state index contributed by atoms with van der Waals surface area (Å²) in [5.74, 6) is 0.943. The van der Waals surface area contributed by atoms with Gasteiger partial charge in [-0.25, -0.2) is 4.98 Å². The second kappa shape index (κ2) is 12.2. The third kappa shape index (κ3) is 4.65. The Morgan fingerprint density at radius 1 is 0.333 bits per heavy atom. The molecule has 0 spiro atoms. The molecule has 0 amide bonds. The number of benzene rings is 9. The minimum absolute atomic E-state index is 0.943. The van der Waals surface area contributed by atoms with E-state index in [0.717, 1.165) is 45.2 Å². The highest BCUT2D eigenvalue weighted by molar-refractivity contribution is 6.21. The molecule has 0 bridgehead atoms. The zero-order valence-corrected chi connectivity index (χ0v) is 29.4. The van der Waals surface area contributed by atoms with Crippen LogP contribution in [0.3, 0.4) is 0 Å². The van der Waals surface area contributed by atoms with E-state index in [2.05, 4.69) is 210 Å².